The lowest BCUT2D eigenvalue weighted by Gasteiger charge is -2.35. The zero-order valence-corrected chi connectivity index (χ0v) is 14.9. The summed E-state index contributed by atoms with van der Waals surface area (Å²) in [6.45, 7) is 4.54. The van der Waals surface area contributed by atoms with E-state index in [1.807, 2.05) is 19.9 Å². The summed E-state index contributed by atoms with van der Waals surface area (Å²) in [7, 11) is -3.61. The van der Waals surface area contributed by atoms with Crippen LogP contribution in [-0.2, 0) is 16.4 Å². The minimum atomic E-state index is -3.61. The van der Waals surface area contributed by atoms with Gasteiger partial charge in [-0.3, -0.25) is 9.97 Å². The van der Waals surface area contributed by atoms with Crippen molar-refractivity contribution >= 4 is 10.0 Å². The fourth-order valence-electron chi connectivity index (χ4n) is 3.25. The van der Waals surface area contributed by atoms with Crippen LogP contribution in [0.15, 0.2) is 47.8 Å². The first kappa shape index (κ1) is 17.0. The molecule has 0 spiro atoms. The summed E-state index contributed by atoms with van der Waals surface area (Å²) < 4.78 is 28.1. The van der Waals surface area contributed by atoms with Crippen molar-refractivity contribution in [3.8, 4) is 0 Å². The largest absolute Gasteiger partial charge is 0.263 e. The molecule has 24 heavy (non-hydrogen) atoms. The number of hydrogen-bond acceptors (Lipinski definition) is 4. The van der Waals surface area contributed by atoms with E-state index in [4.69, 9.17) is 0 Å². The minimum Gasteiger partial charge on any atom is -0.263 e. The smallest absolute Gasteiger partial charge is 0.245 e. The van der Waals surface area contributed by atoms with Crippen molar-refractivity contribution in [3.05, 3.63) is 54.1 Å². The van der Waals surface area contributed by atoms with Crippen LogP contribution in [0.3, 0.4) is 0 Å². The van der Waals surface area contributed by atoms with Gasteiger partial charge in [0.1, 0.15) is 4.90 Å². The molecule has 1 aliphatic rings. The number of fused-ring (bicyclic) bond motifs is 1. The number of pyridine rings is 2. The van der Waals surface area contributed by atoms with Gasteiger partial charge < -0.3 is 0 Å². The first-order valence-corrected chi connectivity index (χ1v) is 9.80. The van der Waals surface area contributed by atoms with E-state index in [2.05, 4.69) is 16.0 Å². The van der Waals surface area contributed by atoms with Gasteiger partial charge in [-0.25, -0.2) is 8.42 Å². The molecule has 0 N–H and O–H groups in total. The Morgan fingerprint density at radius 1 is 1.25 bits per heavy atom. The van der Waals surface area contributed by atoms with Crippen molar-refractivity contribution in [1.29, 1.82) is 0 Å². The van der Waals surface area contributed by atoms with E-state index in [0.29, 0.717) is 6.54 Å². The van der Waals surface area contributed by atoms with Crippen LogP contribution in [0.2, 0.25) is 0 Å². The van der Waals surface area contributed by atoms with E-state index < -0.39 is 10.0 Å². The summed E-state index contributed by atoms with van der Waals surface area (Å²) >= 11 is 0. The van der Waals surface area contributed by atoms with E-state index in [9.17, 15) is 8.42 Å². The first-order valence-electron chi connectivity index (χ1n) is 8.36. The Bertz CT molecular complexity index is 791. The average Bonchev–Trinajstić information content (AvgIpc) is 2.60. The van der Waals surface area contributed by atoms with E-state index in [1.165, 1.54) is 6.20 Å². The summed E-state index contributed by atoms with van der Waals surface area (Å²) in [6, 6.07) is 7.04. The molecule has 2 aromatic heterocycles. The third-order valence-electron chi connectivity index (χ3n) is 4.30. The van der Waals surface area contributed by atoms with Gasteiger partial charge in [0.05, 0.1) is 11.7 Å². The normalized spacial score (nSPS) is 17.9. The van der Waals surface area contributed by atoms with Gasteiger partial charge in [-0.2, -0.15) is 4.31 Å². The average molecular weight is 345 g/mol. The van der Waals surface area contributed by atoms with E-state index >= 15 is 0 Å². The number of sulfonamides is 1. The summed E-state index contributed by atoms with van der Waals surface area (Å²) in [5, 5.41) is 0. The van der Waals surface area contributed by atoms with Gasteiger partial charge >= 0.3 is 0 Å². The molecule has 0 unspecified atom stereocenters. The molecule has 0 aromatic carbocycles. The number of aryl methyl sites for hydroxylation is 1. The third-order valence-corrected chi connectivity index (χ3v) is 6.16. The highest BCUT2D eigenvalue weighted by Gasteiger charge is 2.36. The van der Waals surface area contributed by atoms with Gasteiger partial charge in [0.15, 0.2) is 0 Å². The quantitative estimate of drug-likeness (QED) is 0.835. The Balaban J connectivity index is 2.06. The van der Waals surface area contributed by atoms with Gasteiger partial charge in [-0.1, -0.05) is 19.9 Å². The molecule has 6 heteroatoms. The standard InChI is InChI=1S/C18H23N3O2S/c1-14(2)13-21(24(22,23)16-8-5-10-19-12-16)17-9-3-6-15-7-4-11-20-18(15)17/h4-5,7-8,10-12,14,17H,3,6,9,13H2,1-2H3/t17-/m1/s1. The lowest BCUT2D eigenvalue weighted by molar-refractivity contribution is 0.263. The molecule has 0 radical (unpaired) electrons. The zero-order chi connectivity index (χ0) is 17.2. The molecular formula is C18H23N3O2S. The molecule has 0 amide bonds. The second-order valence-electron chi connectivity index (χ2n) is 6.61. The van der Waals surface area contributed by atoms with Crippen LogP contribution in [0, 0.1) is 5.92 Å². The van der Waals surface area contributed by atoms with Crippen molar-refractivity contribution in [2.45, 2.75) is 44.0 Å². The van der Waals surface area contributed by atoms with Gasteiger partial charge in [0, 0.05) is 25.1 Å². The van der Waals surface area contributed by atoms with Gasteiger partial charge in [0.25, 0.3) is 0 Å². The molecule has 128 valence electrons. The molecular weight excluding hydrogens is 322 g/mol. The second kappa shape index (κ2) is 6.99. The first-order chi connectivity index (χ1) is 11.5. The molecule has 0 aliphatic heterocycles. The van der Waals surface area contributed by atoms with Crippen molar-refractivity contribution in [2.24, 2.45) is 5.92 Å². The molecule has 5 nitrogen and oxygen atoms in total. The lowest BCUT2D eigenvalue weighted by Crippen LogP contribution is -2.39. The van der Waals surface area contributed by atoms with Gasteiger partial charge in [-0.05, 0) is 48.9 Å². The zero-order valence-electron chi connectivity index (χ0n) is 14.1. The number of hydrogen-bond donors (Lipinski definition) is 0. The Hall–Kier alpha value is -1.79. The van der Waals surface area contributed by atoms with Crippen LogP contribution in [0.5, 0.6) is 0 Å². The Morgan fingerprint density at radius 2 is 2.04 bits per heavy atom. The topological polar surface area (TPSA) is 63.2 Å². The van der Waals surface area contributed by atoms with Gasteiger partial charge in [-0.15, -0.1) is 0 Å². The van der Waals surface area contributed by atoms with E-state index in [-0.39, 0.29) is 16.9 Å². The molecule has 0 saturated carbocycles. The molecule has 3 rings (SSSR count). The van der Waals surface area contributed by atoms with Crippen molar-refractivity contribution < 1.29 is 8.42 Å². The van der Waals surface area contributed by atoms with Crippen LogP contribution in [0.4, 0.5) is 0 Å². The molecule has 0 saturated heterocycles. The highest BCUT2D eigenvalue weighted by molar-refractivity contribution is 7.89. The molecule has 1 aliphatic carbocycles. The van der Waals surface area contributed by atoms with Crippen LogP contribution in [-0.4, -0.2) is 29.2 Å². The molecule has 2 heterocycles. The predicted octanol–water partition coefficient (Wildman–Crippen LogP) is 3.20. The number of rotatable bonds is 5. The SMILES string of the molecule is CC(C)CN([C@@H]1CCCc2cccnc21)S(=O)(=O)c1cccnc1. The van der Waals surface area contributed by atoms with E-state index in [0.717, 1.165) is 30.5 Å². The van der Waals surface area contributed by atoms with Crippen molar-refractivity contribution in [1.82, 2.24) is 14.3 Å². The second-order valence-corrected chi connectivity index (χ2v) is 8.50. The molecule has 1 atom stereocenters. The summed E-state index contributed by atoms with van der Waals surface area (Å²) in [5.74, 6) is 0.227. The van der Waals surface area contributed by atoms with E-state index in [1.54, 1.807) is 28.8 Å². The van der Waals surface area contributed by atoms with Crippen LogP contribution in [0.25, 0.3) is 0 Å². The molecule has 0 fully saturated rings. The van der Waals surface area contributed by atoms with Crippen LogP contribution >= 0.6 is 0 Å². The van der Waals surface area contributed by atoms with Crippen LogP contribution < -0.4 is 0 Å². The monoisotopic (exact) mass is 345 g/mol. The van der Waals surface area contributed by atoms with Crippen molar-refractivity contribution in [2.75, 3.05) is 6.54 Å². The maximum absolute atomic E-state index is 13.2. The molecule has 0 bridgehead atoms. The fraction of sp³-hybridized carbons (Fsp3) is 0.444. The summed E-state index contributed by atoms with van der Waals surface area (Å²) in [4.78, 5) is 8.74. The lowest BCUT2D eigenvalue weighted by atomic mass is 9.91. The fourth-order valence-corrected chi connectivity index (χ4v) is 5.00. The highest BCUT2D eigenvalue weighted by atomic mass is 32.2. The van der Waals surface area contributed by atoms with Crippen molar-refractivity contribution in [3.63, 3.8) is 0 Å². The minimum absolute atomic E-state index is 0.206. The Kier molecular flexibility index (Phi) is 4.96. The third kappa shape index (κ3) is 3.35. The van der Waals surface area contributed by atoms with Gasteiger partial charge in [0.2, 0.25) is 10.0 Å². The maximum atomic E-state index is 13.2. The maximum Gasteiger partial charge on any atom is 0.245 e. The summed E-state index contributed by atoms with van der Waals surface area (Å²) in [5.41, 5.74) is 2.06. The Morgan fingerprint density at radius 3 is 2.75 bits per heavy atom. The predicted molar refractivity (Wildman–Crippen MR) is 92.9 cm³/mol. The summed E-state index contributed by atoms with van der Waals surface area (Å²) in [6.07, 6.45) is 7.49. The highest BCUT2D eigenvalue weighted by Crippen LogP contribution is 2.36. The van der Waals surface area contributed by atoms with Crippen LogP contribution in [0.1, 0.15) is 44.0 Å². The Labute approximate surface area is 143 Å². The molecule has 2 aromatic rings. The number of nitrogens with zero attached hydrogens (tertiary/aromatic N) is 3. The number of aromatic nitrogens is 2.